The van der Waals surface area contributed by atoms with Crippen LogP contribution in [0, 0.1) is 22.7 Å². The first-order chi connectivity index (χ1) is 15.8. The fourth-order valence-corrected chi connectivity index (χ4v) is 8.70. The lowest BCUT2D eigenvalue weighted by Crippen LogP contribution is -2.73. The Hall–Kier alpha value is -1.87. The second-order valence-corrected chi connectivity index (χ2v) is 11.5. The van der Waals surface area contributed by atoms with Gasteiger partial charge < -0.3 is 19.3 Å². The van der Waals surface area contributed by atoms with Gasteiger partial charge in [-0.3, -0.25) is 19.2 Å². The van der Waals surface area contributed by atoms with E-state index in [1.165, 1.54) is 13.8 Å². The van der Waals surface area contributed by atoms with Gasteiger partial charge >= 0.3 is 11.9 Å². The van der Waals surface area contributed by atoms with Crippen LogP contribution in [-0.2, 0) is 33.4 Å². The number of ether oxygens (including phenoxy) is 3. The number of halogens is 1. The van der Waals surface area contributed by atoms with Crippen LogP contribution in [0.3, 0.4) is 0 Å². The minimum atomic E-state index is -2.00. The number of hydrogen-bond acceptors (Lipinski definition) is 8. The summed E-state index contributed by atoms with van der Waals surface area (Å²) in [4.78, 5) is 49.3. The van der Waals surface area contributed by atoms with Gasteiger partial charge in [0.05, 0.1) is 6.10 Å². The predicted octanol–water partition coefficient (Wildman–Crippen LogP) is 2.23. The molecule has 0 aromatic carbocycles. The first-order valence-corrected chi connectivity index (χ1v) is 12.2. The highest BCUT2D eigenvalue weighted by molar-refractivity contribution is 5.93. The smallest absolute Gasteiger partial charge is 0.303 e. The van der Waals surface area contributed by atoms with E-state index in [0.717, 1.165) is 0 Å². The first-order valence-electron chi connectivity index (χ1n) is 12.2. The molecule has 0 amide bonds. The highest BCUT2D eigenvalue weighted by Gasteiger charge is 2.84. The topological polar surface area (TPSA) is 120 Å². The lowest BCUT2D eigenvalue weighted by molar-refractivity contribution is -0.257. The number of carbonyl (C=O) groups is 4. The van der Waals surface area contributed by atoms with Crippen molar-refractivity contribution in [3.05, 3.63) is 0 Å². The zero-order valence-electron chi connectivity index (χ0n) is 20.1. The largest absolute Gasteiger partial charge is 0.458 e. The summed E-state index contributed by atoms with van der Waals surface area (Å²) in [6.45, 7) is 5.44. The third kappa shape index (κ3) is 2.60. The number of aliphatic hydroxyl groups excluding tert-OH is 1. The Labute approximate surface area is 197 Å². The number of epoxide rings is 1. The maximum Gasteiger partial charge on any atom is 0.303 e. The Morgan fingerprint density at radius 1 is 1.09 bits per heavy atom. The van der Waals surface area contributed by atoms with E-state index in [9.17, 15) is 24.3 Å². The molecule has 5 fully saturated rings. The zero-order valence-corrected chi connectivity index (χ0v) is 20.1. The van der Waals surface area contributed by atoms with Crippen LogP contribution < -0.4 is 0 Å². The minimum absolute atomic E-state index is 0.000437. The van der Waals surface area contributed by atoms with Crippen LogP contribution in [0.15, 0.2) is 0 Å². The number of aliphatic hydroxyl groups is 1. The maximum absolute atomic E-state index is 17.4. The number of Topliss-reactive ketones (excluding diaryl/α,β-unsaturated/α-hetero) is 2. The summed E-state index contributed by atoms with van der Waals surface area (Å²) in [5.41, 5.74) is -6.56. The molecule has 0 aromatic rings. The van der Waals surface area contributed by atoms with E-state index >= 15 is 4.39 Å². The van der Waals surface area contributed by atoms with Crippen molar-refractivity contribution in [2.45, 2.75) is 102 Å². The summed E-state index contributed by atoms with van der Waals surface area (Å²) in [5.74, 6) is -2.76. The van der Waals surface area contributed by atoms with Gasteiger partial charge in [0, 0.05) is 31.1 Å². The quantitative estimate of drug-likeness (QED) is 0.481. The van der Waals surface area contributed by atoms with Crippen molar-refractivity contribution in [2.24, 2.45) is 22.7 Å². The molecule has 8 nitrogen and oxygen atoms in total. The van der Waals surface area contributed by atoms with Crippen LogP contribution in [0.1, 0.15) is 72.6 Å². The third-order valence-corrected chi connectivity index (χ3v) is 10.3. The molecule has 4 aliphatic carbocycles. The Morgan fingerprint density at radius 2 is 1.76 bits per heavy atom. The molecule has 4 saturated carbocycles. The minimum Gasteiger partial charge on any atom is -0.458 e. The number of rotatable bonds is 4. The van der Waals surface area contributed by atoms with Gasteiger partial charge in [0.15, 0.2) is 18.0 Å². The van der Waals surface area contributed by atoms with E-state index in [4.69, 9.17) is 14.2 Å². The van der Waals surface area contributed by atoms with Crippen molar-refractivity contribution in [1.82, 2.24) is 0 Å². The van der Waals surface area contributed by atoms with Crippen LogP contribution in [0.25, 0.3) is 0 Å². The van der Waals surface area contributed by atoms with Crippen molar-refractivity contribution >= 4 is 23.5 Å². The molecule has 1 saturated heterocycles. The van der Waals surface area contributed by atoms with Crippen LogP contribution in [0.2, 0.25) is 0 Å². The van der Waals surface area contributed by atoms with Crippen molar-refractivity contribution in [3.63, 3.8) is 0 Å². The van der Waals surface area contributed by atoms with Gasteiger partial charge in [0.1, 0.15) is 17.4 Å². The summed E-state index contributed by atoms with van der Waals surface area (Å²) >= 11 is 0. The van der Waals surface area contributed by atoms with Gasteiger partial charge in [0.2, 0.25) is 5.78 Å². The predicted molar refractivity (Wildman–Crippen MR) is 114 cm³/mol. The third-order valence-electron chi connectivity index (χ3n) is 10.3. The van der Waals surface area contributed by atoms with Crippen LogP contribution in [0.5, 0.6) is 0 Å². The molecule has 0 radical (unpaired) electrons. The lowest BCUT2D eigenvalue weighted by Gasteiger charge is -2.64. The molecule has 1 aliphatic heterocycles. The van der Waals surface area contributed by atoms with Gasteiger partial charge in [-0.2, -0.15) is 0 Å². The molecule has 9 atom stereocenters. The number of ketones is 2. The van der Waals surface area contributed by atoms with Crippen LogP contribution in [-0.4, -0.2) is 64.3 Å². The molecular weight excluding hydrogens is 447 g/mol. The van der Waals surface area contributed by atoms with E-state index in [0.29, 0.717) is 25.7 Å². The van der Waals surface area contributed by atoms with E-state index in [1.807, 2.05) is 0 Å². The van der Waals surface area contributed by atoms with E-state index < -0.39 is 70.2 Å². The Morgan fingerprint density at radius 3 is 2.41 bits per heavy atom. The number of esters is 2. The SMILES string of the molecule is CC(=O)OCC(=O)[C@@]1(OC(C)=O)CC[C@H]2[C@@H]3CCC45OC4C(=O)CC[C@]5(C)[C@@]3(F)C(O)C[C@@]21C. The summed E-state index contributed by atoms with van der Waals surface area (Å²) in [5, 5.41) is 11.5. The van der Waals surface area contributed by atoms with Crippen molar-refractivity contribution in [3.8, 4) is 0 Å². The summed E-state index contributed by atoms with van der Waals surface area (Å²) in [6.07, 6.45) is -0.0855. The highest BCUT2D eigenvalue weighted by Crippen LogP contribution is 2.75. The average Bonchev–Trinajstić information content (AvgIpc) is 3.44. The molecule has 34 heavy (non-hydrogen) atoms. The fraction of sp³-hybridized carbons (Fsp3) is 0.840. The van der Waals surface area contributed by atoms with Crippen LogP contribution >= 0.6 is 0 Å². The molecule has 0 aromatic heterocycles. The molecule has 5 aliphatic rings. The Kier molecular flexibility index (Phi) is 4.97. The standard InChI is InChI=1S/C25H33FO8/c1-13(27)32-12-19(31)23(33-14(2)28)9-5-15-16-6-10-24-20(34-24)17(29)7-8-22(24,4)25(16,26)18(30)11-21(15,23)3/h15-16,18,20,30H,5-12H2,1-4H3/t15-,16-,18?,20?,21-,22-,23-,24?,25-/m0/s1. The van der Waals surface area contributed by atoms with Gasteiger partial charge in [0.25, 0.3) is 0 Å². The molecule has 1 heterocycles. The maximum atomic E-state index is 17.4. The number of hydrogen-bond donors (Lipinski definition) is 1. The molecule has 188 valence electrons. The Balaban J connectivity index is 1.55. The van der Waals surface area contributed by atoms with E-state index in [1.54, 1.807) is 13.8 Å². The fourth-order valence-electron chi connectivity index (χ4n) is 8.70. The summed E-state index contributed by atoms with van der Waals surface area (Å²) < 4.78 is 34.0. The number of alkyl halides is 1. The molecule has 1 N–H and O–H groups in total. The van der Waals surface area contributed by atoms with Gasteiger partial charge in [-0.15, -0.1) is 0 Å². The molecule has 1 spiro atoms. The number of fused-ring (bicyclic) bond motifs is 4. The summed E-state index contributed by atoms with van der Waals surface area (Å²) in [7, 11) is 0. The zero-order chi connectivity index (χ0) is 24.9. The second kappa shape index (κ2) is 7.09. The van der Waals surface area contributed by atoms with Gasteiger partial charge in [-0.25, -0.2) is 4.39 Å². The molecule has 0 bridgehead atoms. The van der Waals surface area contributed by atoms with Crippen molar-refractivity contribution < 1.29 is 42.9 Å². The number of carbonyl (C=O) groups excluding carboxylic acids is 4. The average molecular weight is 481 g/mol. The molecule has 9 heteroatoms. The van der Waals surface area contributed by atoms with Gasteiger partial charge in [-0.05, 0) is 50.4 Å². The normalized spacial score (nSPS) is 50.8. The van der Waals surface area contributed by atoms with E-state index in [-0.39, 0.29) is 31.0 Å². The first kappa shape index (κ1) is 23.9. The Bertz CT molecular complexity index is 982. The van der Waals surface area contributed by atoms with Crippen molar-refractivity contribution in [2.75, 3.05) is 6.61 Å². The molecule has 3 unspecified atom stereocenters. The van der Waals surface area contributed by atoms with Crippen LogP contribution in [0.4, 0.5) is 4.39 Å². The monoisotopic (exact) mass is 480 g/mol. The highest BCUT2D eigenvalue weighted by atomic mass is 19.1. The second-order valence-electron chi connectivity index (χ2n) is 11.5. The summed E-state index contributed by atoms with van der Waals surface area (Å²) in [6, 6.07) is 0. The van der Waals surface area contributed by atoms with Crippen molar-refractivity contribution in [1.29, 1.82) is 0 Å². The van der Waals surface area contributed by atoms with Gasteiger partial charge in [-0.1, -0.05) is 13.8 Å². The lowest BCUT2D eigenvalue weighted by atomic mass is 9.41. The molecule has 5 rings (SSSR count). The molecular formula is C25H33FO8. The van der Waals surface area contributed by atoms with E-state index in [2.05, 4.69) is 0 Å².